The van der Waals surface area contributed by atoms with Crippen LogP contribution in [0.4, 0.5) is 5.95 Å². The van der Waals surface area contributed by atoms with Gasteiger partial charge in [0.1, 0.15) is 6.20 Å². The van der Waals surface area contributed by atoms with E-state index in [9.17, 15) is 0 Å². The smallest absolute Gasteiger partial charge is 0.277 e. The number of aromatic nitrogens is 2. The van der Waals surface area contributed by atoms with Crippen LogP contribution in [0.2, 0.25) is 0 Å². The van der Waals surface area contributed by atoms with Crippen LogP contribution in [0.3, 0.4) is 0 Å². The molecule has 1 aromatic heterocycles. The molecular formula is C5H8N3+. The molecular weight excluding hydrogens is 102 g/mol. The summed E-state index contributed by atoms with van der Waals surface area (Å²) in [5, 5.41) is 2.86. The molecule has 0 aromatic carbocycles. The van der Waals surface area contributed by atoms with Gasteiger partial charge >= 0.3 is 5.95 Å². The second-order valence-corrected chi connectivity index (χ2v) is 1.38. The molecule has 1 heterocycles. The van der Waals surface area contributed by atoms with E-state index in [1.165, 1.54) is 0 Å². The molecule has 0 amide bonds. The SMILES string of the molecule is CNc1nccc[nH+]1. The Hall–Kier alpha value is -1.12. The van der Waals surface area contributed by atoms with Gasteiger partial charge in [0.25, 0.3) is 0 Å². The highest BCUT2D eigenvalue weighted by molar-refractivity contribution is 5.11. The Morgan fingerprint density at radius 3 is 3.00 bits per heavy atom. The summed E-state index contributed by atoms with van der Waals surface area (Å²) in [5.41, 5.74) is 0. The fourth-order valence-electron chi connectivity index (χ4n) is 0.462. The predicted octanol–water partition coefficient (Wildman–Crippen LogP) is -0.0626. The normalized spacial score (nSPS) is 8.62. The fraction of sp³-hybridized carbons (Fsp3) is 0.200. The lowest BCUT2D eigenvalue weighted by molar-refractivity contribution is -0.365. The number of H-pyrrole nitrogens is 1. The van der Waals surface area contributed by atoms with Gasteiger partial charge in [0.2, 0.25) is 0 Å². The summed E-state index contributed by atoms with van der Waals surface area (Å²) in [6.45, 7) is 0. The molecule has 1 aromatic rings. The Labute approximate surface area is 47.8 Å². The Balaban J connectivity index is 2.83. The molecule has 0 saturated carbocycles. The summed E-state index contributed by atoms with van der Waals surface area (Å²) in [7, 11) is 1.82. The van der Waals surface area contributed by atoms with Crippen LogP contribution < -0.4 is 10.3 Å². The lowest BCUT2D eigenvalue weighted by Gasteiger charge is -1.82. The highest BCUT2D eigenvalue weighted by Crippen LogP contribution is 1.81. The molecule has 8 heavy (non-hydrogen) atoms. The topological polar surface area (TPSA) is 39.1 Å². The molecule has 0 aliphatic rings. The molecule has 0 atom stereocenters. The van der Waals surface area contributed by atoms with Crippen molar-refractivity contribution in [2.24, 2.45) is 0 Å². The van der Waals surface area contributed by atoms with E-state index in [0.29, 0.717) is 0 Å². The van der Waals surface area contributed by atoms with Crippen LogP contribution in [0.5, 0.6) is 0 Å². The molecule has 0 aliphatic carbocycles. The third-order valence-electron chi connectivity index (χ3n) is 0.843. The van der Waals surface area contributed by atoms with Gasteiger partial charge in [0, 0.05) is 6.07 Å². The van der Waals surface area contributed by atoms with Gasteiger partial charge in [0.15, 0.2) is 0 Å². The molecule has 0 fully saturated rings. The summed E-state index contributed by atoms with van der Waals surface area (Å²) in [5.74, 6) is 0.785. The van der Waals surface area contributed by atoms with Crippen molar-refractivity contribution in [2.45, 2.75) is 0 Å². The minimum Gasteiger partial charge on any atom is -0.277 e. The maximum Gasteiger partial charge on any atom is 0.388 e. The summed E-state index contributed by atoms with van der Waals surface area (Å²) >= 11 is 0. The molecule has 1 rings (SSSR count). The first kappa shape index (κ1) is 5.03. The van der Waals surface area contributed by atoms with Crippen LogP contribution in [-0.4, -0.2) is 12.0 Å². The van der Waals surface area contributed by atoms with Gasteiger partial charge in [-0.15, -0.1) is 0 Å². The number of nitrogens with zero attached hydrogens (tertiary/aromatic N) is 1. The van der Waals surface area contributed by atoms with Crippen molar-refractivity contribution in [1.29, 1.82) is 0 Å². The first-order chi connectivity index (χ1) is 3.93. The van der Waals surface area contributed by atoms with Crippen LogP contribution >= 0.6 is 0 Å². The quantitative estimate of drug-likeness (QED) is 0.550. The van der Waals surface area contributed by atoms with Crippen molar-refractivity contribution in [3.05, 3.63) is 18.5 Å². The Morgan fingerprint density at radius 2 is 2.62 bits per heavy atom. The molecule has 0 unspecified atom stereocenters. The van der Waals surface area contributed by atoms with E-state index in [1.54, 1.807) is 6.20 Å². The second kappa shape index (κ2) is 2.26. The van der Waals surface area contributed by atoms with E-state index in [1.807, 2.05) is 19.3 Å². The molecule has 0 bridgehead atoms. The van der Waals surface area contributed by atoms with Gasteiger partial charge in [0.05, 0.1) is 13.2 Å². The van der Waals surface area contributed by atoms with Gasteiger partial charge in [-0.25, -0.2) is 4.98 Å². The largest absolute Gasteiger partial charge is 0.388 e. The number of hydrogen-bond donors (Lipinski definition) is 1. The number of aromatic amines is 1. The van der Waals surface area contributed by atoms with E-state index in [-0.39, 0.29) is 0 Å². The minimum atomic E-state index is 0.785. The molecule has 3 heteroatoms. The van der Waals surface area contributed by atoms with Gasteiger partial charge in [-0.05, 0) is 0 Å². The van der Waals surface area contributed by atoms with E-state index in [2.05, 4.69) is 15.3 Å². The van der Waals surface area contributed by atoms with Crippen LogP contribution in [0, 0.1) is 0 Å². The van der Waals surface area contributed by atoms with Crippen molar-refractivity contribution in [2.75, 3.05) is 12.4 Å². The molecule has 42 valence electrons. The molecule has 2 N–H and O–H groups in total. The predicted molar refractivity (Wildman–Crippen MR) is 30.3 cm³/mol. The van der Waals surface area contributed by atoms with Crippen molar-refractivity contribution < 1.29 is 4.98 Å². The highest BCUT2D eigenvalue weighted by atomic mass is 15.1. The number of hydrogen-bond acceptors (Lipinski definition) is 2. The summed E-state index contributed by atoms with van der Waals surface area (Å²) in [6, 6.07) is 1.83. The van der Waals surface area contributed by atoms with Crippen molar-refractivity contribution in [3.8, 4) is 0 Å². The third kappa shape index (κ3) is 0.932. The zero-order valence-corrected chi connectivity index (χ0v) is 4.68. The molecule has 0 radical (unpaired) electrons. The van der Waals surface area contributed by atoms with Crippen LogP contribution in [0.25, 0.3) is 0 Å². The summed E-state index contributed by atoms with van der Waals surface area (Å²) < 4.78 is 0. The first-order valence-electron chi connectivity index (χ1n) is 2.44. The van der Waals surface area contributed by atoms with Gasteiger partial charge in [-0.1, -0.05) is 4.98 Å². The van der Waals surface area contributed by atoms with Crippen LogP contribution in [0.15, 0.2) is 18.5 Å². The number of anilines is 1. The molecule has 3 nitrogen and oxygen atoms in total. The highest BCUT2D eigenvalue weighted by Gasteiger charge is 1.91. The van der Waals surface area contributed by atoms with Gasteiger partial charge in [-0.3, -0.25) is 5.32 Å². The average molecular weight is 110 g/mol. The maximum absolute atomic E-state index is 3.93. The van der Waals surface area contributed by atoms with Crippen LogP contribution in [0.1, 0.15) is 0 Å². The molecule has 0 aliphatic heterocycles. The third-order valence-corrected chi connectivity index (χ3v) is 0.843. The second-order valence-electron chi connectivity index (χ2n) is 1.38. The Kier molecular flexibility index (Phi) is 1.42. The molecule has 0 spiro atoms. The van der Waals surface area contributed by atoms with Gasteiger partial charge in [-0.2, -0.15) is 0 Å². The summed E-state index contributed by atoms with van der Waals surface area (Å²) in [6.07, 6.45) is 3.54. The number of nitrogens with one attached hydrogen (secondary N) is 2. The summed E-state index contributed by atoms with van der Waals surface area (Å²) in [4.78, 5) is 6.83. The van der Waals surface area contributed by atoms with Crippen molar-refractivity contribution in [3.63, 3.8) is 0 Å². The van der Waals surface area contributed by atoms with E-state index >= 15 is 0 Å². The lowest BCUT2D eigenvalue weighted by Crippen LogP contribution is -2.10. The lowest BCUT2D eigenvalue weighted by atomic mass is 10.7. The van der Waals surface area contributed by atoms with E-state index in [0.717, 1.165) is 5.95 Å². The molecule has 0 saturated heterocycles. The fourth-order valence-corrected chi connectivity index (χ4v) is 0.462. The van der Waals surface area contributed by atoms with Crippen LogP contribution in [-0.2, 0) is 0 Å². The number of rotatable bonds is 1. The maximum atomic E-state index is 3.93. The van der Waals surface area contributed by atoms with Gasteiger partial charge < -0.3 is 0 Å². The monoisotopic (exact) mass is 110 g/mol. The Bertz CT molecular complexity index is 149. The van der Waals surface area contributed by atoms with E-state index < -0.39 is 0 Å². The first-order valence-corrected chi connectivity index (χ1v) is 2.44. The standard InChI is InChI=1S/C5H7N3/c1-6-5-7-3-2-4-8-5/h2-4H,1H3,(H,6,7,8)/p+1. The average Bonchev–Trinajstić information content (AvgIpc) is 1.90. The van der Waals surface area contributed by atoms with Crippen molar-refractivity contribution in [1.82, 2.24) is 4.98 Å². The Morgan fingerprint density at radius 1 is 1.75 bits per heavy atom. The zero-order chi connectivity index (χ0) is 5.82. The van der Waals surface area contributed by atoms with E-state index in [4.69, 9.17) is 0 Å². The zero-order valence-electron chi connectivity index (χ0n) is 4.68. The minimum absolute atomic E-state index is 0.785. The van der Waals surface area contributed by atoms with Crippen molar-refractivity contribution >= 4 is 5.95 Å².